The van der Waals surface area contributed by atoms with E-state index < -0.39 is 11.7 Å². The first-order valence-corrected chi connectivity index (χ1v) is 9.83. The summed E-state index contributed by atoms with van der Waals surface area (Å²) < 4.78 is 1.23. The molecule has 0 radical (unpaired) electrons. The first-order valence-electron chi connectivity index (χ1n) is 9.83. The predicted molar refractivity (Wildman–Crippen MR) is 108 cm³/mol. The summed E-state index contributed by atoms with van der Waals surface area (Å²) in [6, 6.07) is 9.90. The Morgan fingerprint density at radius 3 is 2.86 bits per heavy atom. The molecule has 148 valence electrons. The van der Waals surface area contributed by atoms with Crippen molar-refractivity contribution in [2.45, 2.75) is 38.4 Å². The standard InChI is InChI=1S/C21H23N7O/c1-11-3-2-4-15(25-11)17-18(28-14-7-5-12(9-14)21(28)26-17)13-6-8-16(22)27(10-13)19(23)20(24)29/h2-4,6,8,10,12,14,21-23,26H,5,7,9H2,1H3,(H2,24,29)/t12-,14+,21?/m0/s1. The van der Waals surface area contributed by atoms with Gasteiger partial charge in [-0.2, -0.15) is 0 Å². The van der Waals surface area contributed by atoms with Crippen molar-refractivity contribution < 1.29 is 4.79 Å². The fourth-order valence-corrected chi connectivity index (χ4v) is 4.96. The minimum atomic E-state index is -0.863. The number of carbonyl (C=O) groups excluding carboxylic acids is 1. The quantitative estimate of drug-likeness (QED) is 0.455. The number of hydrogen-bond acceptors (Lipinski definition) is 6. The number of nitrogens with two attached hydrogens (primary N) is 1. The fraction of sp³-hybridized carbons (Fsp3) is 0.333. The Morgan fingerprint density at radius 2 is 2.10 bits per heavy atom. The maximum atomic E-state index is 11.5. The largest absolute Gasteiger partial charge is 0.363 e. The first-order chi connectivity index (χ1) is 13.9. The third kappa shape index (κ3) is 2.66. The van der Waals surface area contributed by atoms with Crippen LogP contribution in [0.5, 0.6) is 0 Å². The van der Waals surface area contributed by atoms with Crippen LogP contribution in [0.15, 0.2) is 36.5 Å². The minimum absolute atomic E-state index is 0.0406. The molecule has 0 spiro atoms. The van der Waals surface area contributed by atoms with Crippen molar-refractivity contribution in [3.8, 4) is 0 Å². The molecule has 5 N–H and O–H groups in total. The monoisotopic (exact) mass is 389 g/mol. The van der Waals surface area contributed by atoms with Gasteiger partial charge in [0.15, 0.2) is 5.84 Å². The highest BCUT2D eigenvalue weighted by molar-refractivity contribution is 6.36. The third-order valence-electron chi connectivity index (χ3n) is 6.21. The Labute approximate surface area is 168 Å². The molecule has 3 atom stereocenters. The van der Waals surface area contributed by atoms with E-state index in [1.807, 2.05) is 31.2 Å². The molecule has 2 bridgehead atoms. The molecule has 1 saturated carbocycles. The minimum Gasteiger partial charge on any atom is -0.363 e. The number of hydrogen-bond donors (Lipinski definition) is 4. The number of nitrogens with zero attached hydrogens (tertiary/aromatic N) is 3. The summed E-state index contributed by atoms with van der Waals surface area (Å²) in [7, 11) is 0. The SMILES string of the molecule is Cc1cccc(C2=C(c3ccc(=N)n(C(=N)C(N)=O)c3)N3C(N2)[C@H]2CC[C@@H]3C2)n1. The zero-order valence-electron chi connectivity index (χ0n) is 16.1. The fourth-order valence-electron chi connectivity index (χ4n) is 4.96. The van der Waals surface area contributed by atoms with Gasteiger partial charge in [0.05, 0.1) is 17.1 Å². The topological polar surface area (TPSA) is 124 Å². The second-order valence-corrected chi connectivity index (χ2v) is 8.00. The van der Waals surface area contributed by atoms with E-state index in [2.05, 4.69) is 10.2 Å². The number of amides is 1. The smallest absolute Gasteiger partial charge is 0.284 e. The average molecular weight is 389 g/mol. The van der Waals surface area contributed by atoms with Crippen LogP contribution in [-0.4, -0.2) is 38.4 Å². The van der Waals surface area contributed by atoms with Gasteiger partial charge in [0.1, 0.15) is 11.7 Å². The van der Waals surface area contributed by atoms with Gasteiger partial charge in [0, 0.05) is 23.5 Å². The Bertz CT molecular complexity index is 1130. The van der Waals surface area contributed by atoms with E-state index in [0.717, 1.165) is 34.8 Å². The molecule has 2 aliphatic heterocycles. The molecule has 2 fully saturated rings. The van der Waals surface area contributed by atoms with Crippen molar-refractivity contribution in [3.63, 3.8) is 0 Å². The molecule has 2 aromatic heterocycles. The summed E-state index contributed by atoms with van der Waals surface area (Å²) in [5.74, 6) is -0.681. The maximum Gasteiger partial charge on any atom is 0.284 e. The van der Waals surface area contributed by atoms with Crippen LogP contribution >= 0.6 is 0 Å². The zero-order chi connectivity index (χ0) is 20.3. The van der Waals surface area contributed by atoms with Crippen LogP contribution < -0.4 is 16.5 Å². The number of pyridine rings is 2. The van der Waals surface area contributed by atoms with Gasteiger partial charge in [-0.1, -0.05) is 6.07 Å². The summed E-state index contributed by atoms with van der Waals surface area (Å²) in [5.41, 5.74) is 9.98. The average Bonchev–Trinajstić information content (AvgIpc) is 3.40. The molecule has 0 aromatic carbocycles. The summed E-state index contributed by atoms with van der Waals surface area (Å²) in [6.45, 7) is 1.97. The number of rotatable bonds is 2. The summed E-state index contributed by atoms with van der Waals surface area (Å²) in [4.78, 5) is 18.7. The summed E-state index contributed by atoms with van der Waals surface area (Å²) >= 11 is 0. The second-order valence-electron chi connectivity index (χ2n) is 8.00. The van der Waals surface area contributed by atoms with Crippen molar-refractivity contribution in [2.75, 3.05) is 0 Å². The number of aryl methyl sites for hydroxylation is 1. The Morgan fingerprint density at radius 1 is 1.28 bits per heavy atom. The van der Waals surface area contributed by atoms with E-state index in [4.69, 9.17) is 21.5 Å². The Kier molecular flexibility index (Phi) is 3.84. The molecular weight excluding hydrogens is 366 g/mol. The lowest BCUT2D eigenvalue weighted by Crippen LogP contribution is -2.42. The molecule has 1 amide bonds. The van der Waals surface area contributed by atoms with Crippen LogP contribution in [-0.2, 0) is 4.79 Å². The van der Waals surface area contributed by atoms with E-state index in [1.54, 1.807) is 12.3 Å². The predicted octanol–water partition coefficient (Wildman–Crippen LogP) is 1.22. The number of piperidine rings is 1. The number of fused-ring (bicyclic) bond motifs is 5. The van der Waals surface area contributed by atoms with E-state index in [1.165, 1.54) is 17.4 Å². The van der Waals surface area contributed by atoms with Gasteiger partial charge in [-0.3, -0.25) is 25.2 Å². The molecule has 29 heavy (non-hydrogen) atoms. The van der Waals surface area contributed by atoms with Gasteiger partial charge in [-0.25, -0.2) is 0 Å². The van der Waals surface area contributed by atoms with Crippen molar-refractivity contribution in [2.24, 2.45) is 11.7 Å². The van der Waals surface area contributed by atoms with Crippen molar-refractivity contribution in [1.29, 1.82) is 10.8 Å². The molecule has 1 saturated heterocycles. The van der Waals surface area contributed by atoms with Gasteiger partial charge in [-0.15, -0.1) is 0 Å². The second kappa shape index (κ2) is 6.30. The van der Waals surface area contributed by atoms with E-state index in [0.29, 0.717) is 12.0 Å². The Hall–Kier alpha value is -3.42. The van der Waals surface area contributed by atoms with Crippen LogP contribution in [0.3, 0.4) is 0 Å². The molecule has 3 aliphatic rings. The number of primary amides is 1. The van der Waals surface area contributed by atoms with Crippen LogP contribution in [0, 0.1) is 23.7 Å². The Balaban J connectivity index is 1.70. The number of aromatic nitrogens is 2. The molecule has 1 unspecified atom stereocenters. The maximum absolute atomic E-state index is 11.5. The number of carbonyl (C=O) groups is 1. The summed E-state index contributed by atoms with van der Waals surface area (Å²) in [6.07, 6.45) is 5.45. The molecule has 8 heteroatoms. The lowest BCUT2D eigenvalue weighted by Gasteiger charge is -2.33. The first kappa shape index (κ1) is 17.7. The lowest BCUT2D eigenvalue weighted by molar-refractivity contribution is -0.112. The van der Waals surface area contributed by atoms with Gasteiger partial charge < -0.3 is 16.0 Å². The molecule has 1 aliphatic carbocycles. The van der Waals surface area contributed by atoms with Crippen LogP contribution in [0.25, 0.3) is 11.4 Å². The molecule has 8 nitrogen and oxygen atoms in total. The highest BCUT2D eigenvalue weighted by Crippen LogP contribution is 2.50. The van der Waals surface area contributed by atoms with Crippen LogP contribution in [0.2, 0.25) is 0 Å². The highest BCUT2D eigenvalue weighted by atomic mass is 16.1. The molecule has 4 heterocycles. The molecule has 2 aromatic rings. The highest BCUT2D eigenvalue weighted by Gasteiger charge is 2.51. The van der Waals surface area contributed by atoms with Crippen molar-refractivity contribution >= 4 is 23.1 Å². The van der Waals surface area contributed by atoms with Crippen molar-refractivity contribution in [3.05, 3.63) is 59.0 Å². The van der Waals surface area contributed by atoms with Crippen LogP contribution in [0.4, 0.5) is 0 Å². The lowest BCUT2D eigenvalue weighted by atomic mass is 10.1. The molecular formula is C21H23N7O. The molecule has 5 rings (SSSR count). The third-order valence-corrected chi connectivity index (χ3v) is 6.21. The summed E-state index contributed by atoms with van der Waals surface area (Å²) in [5, 5.41) is 19.8. The van der Waals surface area contributed by atoms with Gasteiger partial charge >= 0.3 is 0 Å². The van der Waals surface area contributed by atoms with Crippen molar-refractivity contribution in [1.82, 2.24) is 19.8 Å². The van der Waals surface area contributed by atoms with E-state index in [-0.39, 0.29) is 11.7 Å². The van der Waals surface area contributed by atoms with Gasteiger partial charge in [0.2, 0.25) is 0 Å². The van der Waals surface area contributed by atoms with Gasteiger partial charge in [-0.05, 0) is 56.4 Å². The number of nitrogens with one attached hydrogen (secondary N) is 3. The van der Waals surface area contributed by atoms with E-state index in [9.17, 15) is 4.79 Å². The van der Waals surface area contributed by atoms with Gasteiger partial charge in [0.25, 0.3) is 5.91 Å². The van der Waals surface area contributed by atoms with E-state index >= 15 is 0 Å². The normalized spacial score (nSPS) is 24.6. The zero-order valence-corrected chi connectivity index (χ0v) is 16.1. The van der Waals surface area contributed by atoms with Crippen LogP contribution in [0.1, 0.15) is 36.2 Å².